The lowest BCUT2D eigenvalue weighted by molar-refractivity contribution is 0.0706. The van der Waals surface area contributed by atoms with E-state index in [4.69, 9.17) is 10.2 Å². The highest BCUT2D eigenvalue weighted by Gasteiger charge is 2.14. The molecule has 0 aliphatic rings. The number of aromatic nitrogens is 4. The van der Waals surface area contributed by atoms with Crippen molar-refractivity contribution in [2.45, 2.75) is 6.92 Å². The highest BCUT2D eigenvalue weighted by Crippen LogP contribution is 2.25. The first-order chi connectivity index (χ1) is 13.7. The summed E-state index contributed by atoms with van der Waals surface area (Å²) in [7, 11) is 0. The van der Waals surface area contributed by atoms with Crippen LogP contribution in [0.1, 0.15) is 17.3 Å². The van der Waals surface area contributed by atoms with Crippen LogP contribution in [0.2, 0.25) is 0 Å². The van der Waals surface area contributed by atoms with Gasteiger partial charge in [-0.1, -0.05) is 6.07 Å². The smallest absolute Gasteiger partial charge is 0.274 e. The van der Waals surface area contributed by atoms with E-state index in [0.29, 0.717) is 18.1 Å². The summed E-state index contributed by atoms with van der Waals surface area (Å²) in [5.74, 6) is -0.00861. The van der Waals surface area contributed by atoms with Gasteiger partial charge >= 0.3 is 0 Å². The van der Waals surface area contributed by atoms with Gasteiger partial charge in [0.15, 0.2) is 0 Å². The maximum absolute atomic E-state index is 11.5. The van der Waals surface area contributed by atoms with Gasteiger partial charge in [-0.2, -0.15) is 0 Å². The van der Waals surface area contributed by atoms with Gasteiger partial charge in [0.25, 0.3) is 5.91 Å². The summed E-state index contributed by atoms with van der Waals surface area (Å²) >= 11 is 0. The van der Waals surface area contributed by atoms with Gasteiger partial charge in [0.05, 0.1) is 17.6 Å². The Labute approximate surface area is 161 Å². The van der Waals surface area contributed by atoms with Gasteiger partial charge < -0.3 is 4.90 Å². The zero-order valence-electron chi connectivity index (χ0n) is 15.1. The second-order valence-corrected chi connectivity index (χ2v) is 6.05. The monoisotopic (exact) mass is 374 g/mol. The number of nitrogens with one attached hydrogen (secondary N) is 1. The van der Waals surface area contributed by atoms with Crippen LogP contribution in [0.4, 0.5) is 11.6 Å². The molecule has 140 valence electrons. The number of hydrogen-bond donors (Lipinski definition) is 2. The number of hydroxylamine groups is 1. The summed E-state index contributed by atoms with van der Waals surface area (Å²) in [5, 5.41) is 8.75. The molecule has 28 heavy (non-hydrogen) atoms. The predicted molar refractivity (Wildman–Crippen MR) is 105 cm³/mol. The average Bonchev–Trinajstić information content (AvgIpc) is 3.19. The number of hydrogen-bond acceptors (Lipinski definition) is 6. The van der Waals surface area contributed by atoms with Crippen LogP contribution >= 0.6 is 0 Å². The molecule has 0 saturated heterocycles. The summed E-state index contributed by atoms with van der Waals surface area (Å²) in [4.78, 5) is 27.0. The molecule has 0 aliphatic carbocycles. The number of carbonyl (C=O) groups is 1. The molecule has 3 aromatic heterocycles. The largest absolute Gasteiger partial charge is 0.311 e. The Morgan fingerprint density at radius 3 is 2.71 bits per heavy atom. The molecule has 8 nitrogen and oxygen atoms in total. The Hall–Kier alpha value is -3.78. The fourth-order valence-electron chi connectivity index (χ4n) is 3.04. The van der Waals surface area contributed by atoms with Gasteiger partial charge in [-0.3, -0.25) is 14.4 Å². The summed E-state index contributed by atoms with van der Waals surface area (Å²) in [6.45, 7) is 2.64. The van der Waals surface area contributed by atoms with Crippen LogP contribution in [0.3, 0.4) is 0 Å². The molecule has 4 aromatic rings. The second kappa shape index (κ2) is 7.45. The standard InChI is InChI=1S/C20H18N6O2/c1-2-25(15-8-6-14(7-9-15)19(27)24-28)20-21-11-10-16(23-20)17-13-22-18-5-3-4-12-26(17)18/h3-13,28H,2H2,1H3,(H,24,27). The van der Waals surface area contributed by atoms with Crippen LogP contribution < -0.4 is 10.4 Å². The van der Waals surface area contributed by atoms with Crippen molar-refractivity contribution in [2.75, 3.05) is 11.4 Å². The van der Waals surface area contributed by atoms with Crippen molar-refractivity contribution in [3.63, 3.8) is 0 Å². The van der Waals surface area contributed by atoms with Crippen molar-refractivity contribution in [3.05, 3.63) is 72.7 Å². The van der Waals surface area contributed by atoms with Gasteiger partial charge in [-0.05, 0) is 49.4 Å². The normalized spacial score (nSPS) is 10.8. The Bertz CT molecular complexity index is 1120. The van der Waals surface area contributed by atoms with Gasteiger partial charge in [-0.25, -0.2) is 20.4 Å². The zero-order valence-corrected chi connectivity index (χ0v) is 15.1. The quantitative estimate of drug-likeness (QED) is 0.412. The molecule has 1 amide bonds. The zero-order chi connectivity index (χ0) is 19.5. The Morgan fingerprint density at radius 1 is 1.14 bits per heavy atom. The SMILES string of the molecule is CCN(c1ccc(C(=O)NO)cc1)c1nccc(-c2cnc3ccccn23)n1. The molecule has 0 atom stereocenters. The molecule has 3 heterocycles. The predicted octanol–water partition coefficient (Wildman–Crippen LogP) is 3.07. The third-order valence-electron chi connectivity index (χ3n) is 4.42. The number of anilines is 2. The van der Waals surface area contributed by atoms with Crippen molar-refractivity contribution in [3.8, 4) is 11.4 Å². The number of imidazole rings is 1. The average molecular weight is 374 g/mol. The molecule has 8 heteroatoms. The topological polar surface area (TPSA) is 95.7 Å². The number of benzene rings is 1. The van der Waals surface area contributed by atoms with E-state index in [9.17, 15) is 4.79 Å². The summed E-state index contributed by atoms with van der Waals surface area (Å²) in [5.41, 5.74) is 5.32. The molecular formula is C20H18N6O2. The van der Waals surface area contributed by atoms with Gasteiger partial charge in [-0.15, -0.1) is 0 Å². The summed E-state index contributed by atoms with van der Waals surface area (Å²) in [6.07, 6.45) is 5.46. The van der Waals surface area contributed by atoms with Gasteiger partial charge in [0.1, 0.15) is 5.65 Å². The maximum atomic E-state index is 11.5. The number of carbonyl (C=O) groups excluding carboxylic acids is 1. The fraction of sp³-hybridized carbons (Fsp3) is 0.100. The number of pyridine rings is 1. The van der Waals surface area contributed by atoms with E-state index in [2.05, 4.69) is 9.97 Å². The minimum absolute atomic E-state index is 0.364. The van der Waals surface area contributed by atoms with Crippen LogP contribution in [-0.4, -0.2) is 37.0 Å². The van der Waals surface area contributed by atoms with Crippen molar-refractivity contribution in [1.29, 1.82) is 0 Å². The third kappa shape index (κ3) is 3.17. The summed E-state index contributed by atoms with van der Waals surface area (Å²) < 4.78 is 1.98. The van der Waals surface area contributed by atoms with E-state index < -0.39 is 5.91 Å². The first-order valence-corrected chi connectivity index (χ1v) is 8.79. The number of fused-ring (bicyclic) bond motifs is 1. The molecule has 0 bridgehead atoms. The van der Waals surface area contributed by atoms with Crippen LogP contribution in [0, 0.1) is 0 Å². The van der Waals surface area contributed by atoms with E-state index in [1.165, 1.54) is 0 Å². The molecule has 0 fully saturated rings. The first kappa shape index (κ1) is 17.6. The van der Waals surface area contributed by atoms with Crippen LogP contribution in [0.5, 0.6) is 0 Å². The minimum Gasteiger partial charge on any atom is -0.311 e. The molecule has 2 N–H and O–H groups in total. The molecule has 0 radical (unpaired) electrons. The lowest BCUT2D eigenvalue weighted by Crippen LogP contribution is -2.20. The minimum atomic E-state index is -0.555. The fourth-order valence-corrected chi connectivity index (χ4v) is 3.04. The van der Waals surface area contributed by atoms with Gasteiger partial charge in [0, 0.05) is 30.2 Å². The van der Waals surface area contributed by atoms with Crippen molar-refractivity contribution >= 4 is 23.2 Å². The summed E-state index contributed by atoms with van der Waals surface area (Å²) in [6, 6.07) is 14.5. The highest BCUT2D eigenvalue weighted by molar-refractivity contribution is 5.93. The van der Waals surface area contributed by atoms with Crippen LogP contribution in [0.25, 0.3) is 17.0 Å². The van der Waals surface area contributed by atoms with E-state index in [-0.39, 0.29) is 0 Å². The molecule has 0 aliphatic heterocycles. The van der Waals surface area contributed by atoms with Crippen molar-refractivity contribution in [1.82, 2.24) is 24.8 Å². The van der Waals surface area contributed by atoms with Crippen molar-refractivity contribution in [2.24, 2.45) is 0 Å². The van der Waals surface area contributed by atoms with Crippen molar-refractivity contribution < 1.29 is 10.0 Å². The lowest BCUT2D eigenvalue weighted by atomic mass is 10.2. The number of amides is 1. The lowest BCUT2D eigenvalue weighted by Gasteiger charge is -2.21. The van der Waals surface area contributed by atoms with Crippen LogP contribution in [-0.2, 0) is 0 Å². The molecule has 4 rings (SSSR count). The molecule has 0 spiro atoms. The molecule has 0 unspecified atom stereocenters. The highest BCUT2D eigenvalue weighted by atomic mass is 16.5. The maximum Gasteiger partial charge on any atom is 0.274 e. The molecule has 1 aromatic carbocycles. The Balaban J connectivity index is 1.70. The number of rotatable bonds is 5. The first-order valence-electron chi connectivity index (χ1n) is 8.79. The van der Waals surface area contributed by atoms with E-state index in [1.807, 2.05) is 46.7 Å². The van der Waals surface area contributed by atoms with Crippen LogP contribution in [0.15, 0.2) is 67.1 Å². The second-order valence-electron chi connectivity index (χ2n) is 6.05. The number of nitrogens with zero attached hydrogens (tertiary/aromatic N) is 5. The van der Waals surface area contributed by atoms with Gasteiger partial charge in [0.2, 0.25) is 5.95 Å². The Morgan fingerprint density at radius 2 is 1.96 bits per heavy atom. The Kier molecular flexibility index (Phi) is 4.69. The van der Waals surface area contributed by atoms with E-state index in [1.54, 1.807) is 42.1 Å². The van der Waals surface area contributed by atoms with E-state index in [0.717, 1.165) is 22.7 Å². The molecular weight excluding hydrogens is 356 g/mol. The van der Waals surface area contributed by atoms with E-state index >= 15 is 0 Å². The molecule has 0 saturated carbocycles. The third-order valence-corrected chi connectivity index (χ3v) is 4.42.